The first-order chi connectivity index (χ1) is 16.6. The summed E-state index contributed by atoms with van der Waals surface area (Å²) in [6.45, 7) is 5.30. The summed E-state index contributed by atoms with van der Waals surface area (Å²) in [5, 5.41) is 37.8. The van der Waals surface area contributed by atoms with Crippen molar-refractivity contribution < 1.29 is 44.1 Å². The van der Waals surface area contributed by atoms with E-state index < -0.39 is 78.4 Å². The van der Waals surface area contributed by atoms with Crippen LogP contribution < -0.4 is 32.7 Å². The van der Waals surface area contributed by atoms with Crippen molar-refractivity contribution in [1.82, 2.24) is 21.3 Å². The zero-order valence-corrected chi connectivity index (χ0v) is 20.8. The third-order valence-corrected chi connectivity index (χ3v) is 4.93. The number of hydrogen-bond acceptors (Lipinski definition) is 9. The number of aliphatic hydroxyl groups excluding tert-OH is 2. The zero-order chi connectivity index (χ0) is 28.2. The van der Waals surface area contributed by atoms with Crippen LogP contribution >= 0.6 is 0 Å². The van der Waals surface area contributed by atoms with Crippen LogP contribution in [0.4, 0.5) is 0 Å². The maximum absolute atomic E-state index is 12.8. The van der Waals surface area contributed by atoms with E-state index in [2.05, 4.69) is 21.3 Å². The molecule has 0 rings (SSSR count). The summed E-state index contributed by atoms with van der Waals surface area (Å²) in [6, 6.07) is -5.46. The van der Waals surface area contributed by atoms with Crippen LogP contribution in [0.1, 0.15) is 47.0 Å². The molecule has 11 N–H and O–H groups in total. The van der Waals surface area contributed by atoms with E-state index in [1.807, 2.05) is 0 Å². The molecule has 0 aromatic heterocycles. The summed E-state index contributed by atoms with van der Waals surface area (Å²) >= 11 is 0. The Morgan fingerprint density at radius 2 is 1.36 bits per heavy atom. The predicted octanol–water partition coefficient (Wildman–Crippen LogP) is -3.96. The first-order valence-corrected chi connectivity index (χ1v) is 11.4. The number of nitrogens with one attached hydrogen (secondary N) is 4. The Hall–Kier alpha value is -3.30. The van der Waals surface area contributed by atoms with Crippen molar-refractivity contribution in [3.63, 3.8) is 0 Å². The average molecular weight is 519 g/mol. The fourth-order valence-corrected chi connectivity index (χ4v) is 2.96. The lowest BCUT2D eigenvalue weighted by Gasteiger charge is -2.27. The third kappa shape index (κ3) is 12.4. The SMILES string of the molecule is CC(C)C[C@H](NC(=O)[C@@H](NC(=O)CNC(=O)[C@@H](N)CCC(N)=O)[C@@H](C)O)C(=O)N[C@H](C(=O)O)[C@@H](C)O. The van der Waals surface area contributed by atoms with Gasteiger partial charge in [-0.3, -0.25) is 24.0 Å². The van der Waals surface area contributed by atoms with Gasteiger partial charge in [-0.15, -0.1) is 0 Å². The summed E-state index contributed by atoms with van der Waals surface area (Å²) in [5.41, 5.74) is 10.6. The second kappa shape index (κ2) is 15.6. The van der Waals surface area contributed by atoms with E-state index in [1.54, 1.807) is 13.8 Å². The highest BCUT2D eigenvalue weighted by Crippen LogP contribution is 2.07. The lowest BCUT2D eigenvalue weighted by Crippen LogP contribution is -2.60. The van der Waals surface area contributed by atoms with Gasteiger partial charge in [0.05, 0.1) is 24.8 Å². The summed E-state index contributed by atoms with van der Waals surface area (Å²) in [4.78, 5) is 71.7. The molecule has 0 fully saturated rings. The van der Waals surface area contributed by atoms with Crippen LogP contribution in [0.3, 0.4) is 0 Å². The molecule has 0 aromatic rings. The minimum atomic E-state index is -1.62. The highest BCUT2D eigenvalue weighted by Gasteiger charge is 2.33. The molecule has 0 heterocycles. The van der Waals surface area contributed by atoms with Crippen LogP contribution in [-0.4, -0.2) is 93.7 Å². The maximum Gasteiger partial charge on any atom is 0.328 e. The Labute approximate surface area is 208 Å². The Morgan fingerprint density at radius 3 is 1.81 bits per heavy atom. The molecule has 15 nitrogen and oxygen atoms in total. The lowest BCUT2D eigenvalue weighted by molar-refractivity contribution is -0.145. The fourth-order valence-electron chi connectivity index (χ4n) is 2.96. The Balaban J connectivity index is 5.23. The molecule has 0 aliphatic rings. The van der Waals surface area contributed by atoms with Gasteiger partial charge in [0.25, 0.3) is 0 Å². The molecule has 0 aliphatic heterocycles. The van der Waals surface area contributed by atoms with Crippen LogP contribution in [0.2, 0.25) is 0 Å². The number of carbonyl (C=O) groups excluding carboxylic acids is 5. The zero-order valence-electron chi connectivity index (χ0n) is 20.8. The minimum absolute atomic E-state index is 0.0292. The van der Waals surface area contributed by atoms with Gasteiger partial charge in [-0.25, -0.2) is 4.79 Å². The van der Waals surface area contributed by atoms with Gasteiger partial charge < -0.3 is 48.1 Å². The van der Waals surface area contributed by atoms with Crippen molar-refractivity contribution in [2.45, 2.75) is 83.3 Å². The first kappa shape index (κ1) is 32.7. The van der Waals surface area contributed by atoms with Crippen LogP contribution in [0.25, 0.3) is 0 Å². The minimum Gasteiger partial charge on any atom is -0.480 e. The number of rotatable bonds is 16. The summed E-state index contributed by atoms with van der Waals surface area (Å²) in [6.07, 6.45) is -2.89. The van der Waals surface area contributed by atoms with Crippen LogP contribution in [-0.2, 0) is 28.8 Å². The van der Waals surface area contributed by atoms with Gasteiger partial charge in [-0.2, -0.15) is 0 Å². The second-order valence-corrected chi connectivity index (χ2v) is 8.87. The number of carboxylic acid groups (broad SMARTS) is 1. The molecule has 0 aliphatic carbocycles. The molecule has 6 atom stereocenters. The van der Waals surface area contributed by atoms with E-state index in [1.165, 1.54) is 13.8 Å². The Morgan fingerprint density at radius 1 is 0.806 bits per heavy atom. The Bertz CT molecular complexity index is 803. The molecule has 0 saturated carbocycles. The van der Waals surface area contributed by atoms with E-state index in [4.69, 9.17) is 11.5 Å². The van der Waals surface area contributed by atoms with Crippen molar-refractivity contribution >= 4 is 35.5 Å². The van der Waals surface area contributed by atoms with Crippen LogP contribution in [0, 0.1) is 5.92 Å². The standard InChI is InChI=1S/C21H38N6O9/c1-9(2)7-13(19(33)27-17(11(4)29)21(35)36)25-20(34)16(10(3)28)26-15(31)8-24-18(32)12(22)5-6-14(23)30/h9-13,16-17,28-29H,5-8,22H2,1-4H3,(H2,23,30)(H,24,32)(H,25,34)(H,26,31)(H,27,33)(H,35,36)/t10-,11-,12+,13+,16+,17+/m1/s1. The van der Waals surface area contributed by atoms with Gasteiger partial charge in [0.1, 0.15) is 12.1 Å². The largest absolute Gasteiger partial charge is 0.480 e. The fraction of sp³-hybridized carbons (Fsp3) is 0.714. The first-order valence-electron chi connectivity index (χ1n) is 11.4. The molecule has 0 spiro atoms. The van der Waals surface area contributed by atoms with Crippen molar-refractivity contribution in [2.24, 2.45) is 17.4 Å². The van der Waals surface area contributed by atoms with E-state index >= 15 is 0 Å². The van der Waals surface area contributed by atoms with Gasteiger partial charge in [0.15, 0.2) is 6.04 Å². The lowest BCUT2D eigenvalue weighted by atomic mass is 10.0. The predicted molar refractivity (Wildman–Crippen MR) is 126 cm³/mol. The molecule has 15 heteroatoms. The molecule has 5 amide bonds. The topological polar surface area (TPSA) is 263 Å². The molecule has 0 aromatic carbocycles. The molecule has 0 radical (unpaired) electrons. The third-order valence-electron chi connectivity index (χ3n) is 4.93. The monoisotopic (exact) mass is 518 g/mol. The van der Waals surface area contributed by atoms with Gasteiger partial charge in [-0.1, -0.05) is 13.8 Å². The second-order valence-electron chi connectivity index (χ2n) is 8.87. The molecule has 36 heavy (non-hydrogen) atoms. The van der Waals surface area contributed by atoms with E-state index in [9.17, 15) is 44.1 Å². The molecule has 0 unspecified atom stereocenters. The smallest absolute Gasteiger partial charge is 0.328 e. The highest BCUT2D eigenvalue weighted by atomic mass is 16.4. The van der Waals surface area contributed by atoms with Crippen LogP contribution in [0.5, 0.6) is 0 Å². The number of primary amides is 1. The summed E-state index contributed by atoms with van der Waals surface area (Å²) in [7, 11) is 0. The highest BCUT2D eigenvalue weighted by molar-refractivity contribution is 5.94. The van der Waals surface area contributed by atoms with E-state index in [-0.39, 0.29) is 25.2 Å². The van der Waals surface area contributed by atoms with Gasteiger partial charge in [-0.05, 0) is 32.6 Å². The number of carboxylic acids is 1. The summed E-state index contributed by atoms with van der Waals surface area (Å²) in [5.74, 6) is -5.63. The molecular weight excluding hydrogens is 480 g/mol. The van der Waals surface area contributed by atoms with E-state index in [0.29, 0.717) is 0 Å². The van der Waals surface area contributed by atoms with Crippen molar-refractivity contribution in [1.29, 1.82) is 0 Å². The number of hydrogen-bond donors (Lipinski definition) is 9. The average Bonchev–Trinajstić information content (AvgIpc) is 2.75. The van der Waals surface area contributed by atoms with Gasteiger partial charge >= 0.3 is 5.97 Å². The number of aliphatic carboxylic acids is 1. The number of aliphatic hydroxyl groups is 2. The van der Waals surface area contributed by atoms with Gasteiger partial charge in [0, 0.05) is 6.42 Å². The van der Waals surface area contributed by atoms with Crippen molar-refractivity contribution in [2.75, 3.05) is 6.54 Å². The molecule has 0 bridgehead atoms. The quantitative estimate of drug-likeness (QED) is 0.0956. The number of nitrogens with two attached hydrogens (primary N) is 2. The molecule has 206 valence electrons. The van der Waals surface area contributed by atoms with E-state index in [0.717, 1.165) is 0 Å². The number of amides is 5. The van der Waals surface area contributed by atoms with Crippen molar-refractivity contribution in [3.05, 3.63) is 0 Å². The van der Waals surface area contributed by atoms with Crippen molar-refractivity contribution in [3.8, 4) is 0 Å². The number of carbonyl (C=O) groups is 6. The van der Waals surface area contributed by atoms with Gasteiger partial charge in [0.2, 0.25) is 29.5 Å². The Kier molecular flexibility index (Phi) is 14.2. The molecule has 0 saturated heterocycles. The summed E-state index contributed by atoms with van der Waals surface area (Å²) < 4.78 is 0. The normalized spacial score (nSPS) is 16.0. The van der Waals surface area contributed by atoms with Crippen LogP contribution in [0.15, 0.2) is 0 Å². The molecular formula is C21H38N6O9. The maximum atomic E-state index is 12.8.